The van der Waals surface area contributed by atoms with Crippen molar-refractivity contribution in [2.24, 2.45) is 0 Å². The van der Waals surface area contributed by atoms with Gasteiger partial charge in [0.2, 0.25) is 0 Å². The van der Waals surface area contributed by atoms with Crippen molar-refractivity contribution < 1.29 is 0 Å². The van der Waals surface area contributed by atoms with Gasteiger partial charge in [-0.15, -0.1) is 0 Å². The summed E-state index contributed by atoms with van der Waals surface area (Å²) in [5, 5.41) is 12.8. The maximum Gasteiger partial charge on any atom is 0.105 e. The predicted molar refractivity (Wildman–Crippen MR) is 84.7 cm³/mol. The molecule has 0 amide bonds. The van der Waals surface area contributed by atoms with Crippen molar-refractivity contribution in [2.45, 2.75) is 65.1 Å². The van der Waals surface area contributed by atoms with Gasteiger partial charge >= 0.3 is 0 Å². The molecule has 0 aliphatic carbocycles. The number of piperazine rings is 1. The summed E-state index contributed by atoms with van der Waals surface area (Å²) in [6, 6.07) is 2.78. The largest absolute Gasteiger partial charge is 0.301 e. The van der Waals surface area contributed by atoms with Gasteiger partial charge in [-0.05, 0) is 48.0 Å². The Morgan fingerprint density at radius 1 is 1.10 bits per heavy atom. The maximum atomic E-state index is 9.37. The van der Waals surface area contributed by atoms with Gasteiger partial charge in [-0.3, -0.25) is 10.2 Å². The van der Waals surface area contributed by atoms with Crippen LogP contribution in [0.25, 0.3) is 0 Å². The lowest BCUT2D eigenvalue weighted by atomic mass is 9.98. The molecule has 1 atom stereocenters. The molecule has 1 rings (SSSR count). The highest BCUT2D eigenvalue weighted by Crippen LogP contribution is 2.17. The van der Waals surface area contributed by atoms with E-state index in [0.29, 0.717) is 6.04 Å². The fourth-order valence-electron chi connectivity index (χ4n) is 2.82. The molecule has 1 fully saturated rings. The quantitative estimate of drug-likeness (QED) is 0.837. The average Bonchev–Trinajstić information content (AvgIpc) is 2.35. The van der Waals surface area contributed by atoms with Crippen LogP contribution in [0.15, 0.2) is 0 Å². The molecule has 0 aromatic carbocycles. The van der Waals surface area contributed by atoms with E-state index in [-0.39, 0.29) is 5.54 Å². The minimum absolute atomic E-state index is 0.270. The highest BCUT2D eigenvalue weighted by molar-refractivity contribution is 5.04. The van der Waals surface area contributed by atoms with Crippen LogP contribution in [-0.4, -0.2) is 59.6 Å². The molecule has 0 radical (unpaired) electrons. The van der Waals surface area contributed by atoms with Crippen LogP contribution in [0.3, 0.4) is 0 Å². The fraction of sp³-hybridized carbons (Fsp3) is 0.938. The number of nitriles is 1. The predicted octanol–water partition coefficient (Wildman–Crippen LogP) is 2.07. The van der Waals surface area contributed by atoms with Crippen molar-refractivity contribution in [3.63, 3.8) is 0 Å². The summed E-state index contributed by atoms with van der Waals surface area (Å²) in [6.45, 7) is 18.5. The lowest BCUT2D eigenvalue weighted by molar-refractivity contribution is 0.0594. The molecule has 0 saturated carbocycles. The second kappa shape index (κ2) is 6.89. The zero-order valence-corrected chi connectivity index (χ0v) is 14.2. The summed E-state index contributed by atoms with van der Waals surface area (Å²) < 4.78 is 0. The molecule has 0 spiro atoms. The second-order valence-corrected chi connectivity index (χ2v) is 7.49. The van der Waals surface area contributed by atoms with Gasteiger partial charge in [0.1, 0.15) is 5.54 Å². The van der Waals surface area contributed by atoms with E-state index in [4.69, 9.17) is 0 Å². The third kappa shape index (κ3) is 5.40. The number of hydrogen-bond acceptors (Lipinski definition) is 4. The van der Waals surface area contributed by atoms with Gasteiger partial charge in [-0.1, -0.05) is 0 Å². The third-order valence-corrected chi connectivity index (χ3v) is 4.10. The summed E-state index contributed by atoms with van der Waals surface area (Å²) >= 11 is 0. The van der Waals surface area contributed by atoms with E-state index in [0.717, 1.165) is 39.1 Å². The van der Waals surface area contributed by atoms with Crippen LogP contribution in [0.5, 0.6) is 0 Å². The summed E-state index contributed by atoms with van der Waals surface area (Å²) in [5.41, 5.74) is -0.137. The number of nitrogens with zero attached hydrogens (tertiary/aromatic N) is 3. The van der Waals surface area contributed by atoms with Crippen LogP contribution in [-0.2, 0) is 0 Å². The Hall–Kier alpha value is -0.630. The third-order valence-electron chi connectivity index (χ3n) is 4.10. The van der Waals surface area contributed by atoms with Crippen molar-refractivity contribution >= 4 is 0 Å². The molecule has 20 heavy (non-hydrogen) atoms. The number of nitrogens with one attached hydrogen (secondary N) is 1. The van der Waals surface area contributed by atoms with Crippen molar-refractivity contribution in [3.05, 3.63) is 0 Å². The summed E-state index contributed by atoms with van der Waals surface area (Å²) in [4.78, 5) is 5.03. The topological polar surface area (TPSA) is 42.3 Å². The smallest absolute Gasteiger partial charge is 0.105 e. The second-order valence-electron chi connectivity index (χ2n) is 7.49. The lowest BCUT2D eigenvalue weighted by Gasteiger charge is -2.42. The first-order valence-electron chi connectivity index (χ1n) is 7.83. The van der Waals surface area contributed by atoms with Crippen LogP contribution >= 0.6 is 0 Å². The molecule has 0 aromatic rings. The molecule has 4 nitrogen and oxygen atoms in total. The van der Waals surface area contributed by atoms with Crippen molar-refractivity contribution in [3.8, 4) is 6.07 Å². The molecule has 4 heteroatoms. The fourth-order valence-corrected chi connectivity index (χ4v) is 2.82. The van der Waals surface area contributed by atoms with Crippen LogP contribution in [0.2, 0.25) is 0 Å². The van der Waals surface area contributed by atoms with Gasteiger partial charge in [0.25, 0.3) is 0 Å². The van der Waals surface area contributed by atoms with Crippen LogP contribution < -0.4 is 5.32 Å². The zero-order chi connectivity index (χ0) is 15.4. The molecule has 1 aliphatic heterocycles. The van der Waals surface area contributed by atoms with Gasteiger partial charge in [-0.2, -0.15) is 5.26 Å². The van der Waals surface area contributed by atoms with E-state index >= 15 is 0 Å². The molecule has 0 aromatic heterocycles. The zero-order valence-electron chi connectivity index (χ0n) is 14.2. The highest BCUT2D eigenvalue weighted by atomic mass is 15.3. The normalized spacial score (nSPS) is 21.7. The Morgan fingerprint density at radius 3 is 2.05 bits per heavy atom. The van der Waals surface area contributed by atoms with E-state index in [2.05, 4.69) is 55.8 Å². The summed E-state index contributed by atoms with van der Waals surface area (Å²) in [6.07, 6.45) is 0.886. The molecular formula is C16H32N4. The van der Waals surface area contributed by atoms with E-state index in [1.54, 1.807) is 0 Å². The molecular weight excluding hydrogens is 248 g/mol. The Balaban J connectivity index is 2.39. The lowest BCUT2D eigenvalue weighted by Crippen LogP contribution is -2.54. The van der Waals surface area contributed by atoms with E-state index in [1.165, 1.54) is 0 Å². The van der Waals surface area contributed by atoms with Crippen LogP contribution in [0.1, 0.15) is 48.0 Å². The molecule has 1 heterocycles. The van der Waals surface area contributed by atoms with Crippen LogP contribution in [0, 0.1) is 11.3 Å². The van der Waals surface area contributed by atoms with Crippen molar-refractivity contribution in [1.29, 1.82) is 5.26 Å². The first-order chi connectivity index (χ1) is 9.16. The molecule has 1 unspecified atom stereocenters. The maximum absolute atomic E-state index is 9.37. The van der Waals surface area contributed by atoms with E-state index in [9.17, 15) is 5.26 Å². The Bertz CT molecular complexity index is 331. The molecule has 1 aliphatic rings. The number of hydrogen-bond donors (Lipinski definition) is 1. The standard InChI is InChI=1S/C16H32N4/c1-14(2)18-16(6,13-17)7-8-19-9-11-20(12-10-19)15(3,4)5/h14,18H,7-12H2,1-6H3. The van der Waals surface area contributed by atoms with E-state index in [1.807, 2.05) is 6.92 Å². The van der Waals surface area contributed by atoms with Gasteiger partial charge < -0.3 is 4.90 Å². The van der Waals surface area contributed by atoms with Gasteiger partial charge in [0.15, 0.2) is 0 Å². The molecule has 116 valence electrons. The monoisotopic (exact) mass is 280 g/mol. The Labute approximate surface area is 125 Å². The van der Waals surface area contributed by atoms with Crippen LogP contribution in [0.4, 0.5) is 0 Å². The minimum atomic E-state index is -0.407. The summed E-state index contributed by atoms with van der Waals surface area (Å²) in [5.74, 6) is 0. The Kier molecular flexibility index (Phi) is 6.00. The molecule has 1 N–H and O–H groups in total. The molecule has 0 bridgehead atoms. The Morgan fingerprint density at radius 2 is 1.65 bits per heavy atom. The first-order valence-corrected chi connectivity index (χ1v) is 7.83. The highest BCUT2D eigenvalue weighted by Gasteiger charge is 2.28. The average molecular weight is 280 g/mol. The number of rotatable bonds is 5. The SMILES string of the molecule is CC(C)NC(C)(C#N)CCN1CCN(C(C)(C)C)CC1. The van der Waals surface area contributed by atoms with Gasteiger partial charge in [0, 0.05) is 44.3 Å². The first kappa shape index (κ1) is 17.4. The van der Waals surface area contributed by atoms with Crippen molar-refractivity contribution in [1.82, 2.24) is 15.1 Å². The summed E-state index contributed by atoms with van der Waals surface area (Å²) in [7, 11) is 0. The minimum Gasteiger partial charge on any atom is -0.301 e. The van der Waals surface area contributed by atoms with Crippen molar-refractivity contribution in [2.75, 3.05) is 32.7 Å². The molecule has 1 saturated heterocycles. The van der Waals surface area contributed by atoms with E-state index < -0.39 is 5.54 Å². The van der Waals surface area contributed by atoms with Gasteiger partial charge in [-0.25, -0.2) is 0 Å². The van der Waals surface area contributed by atoms with Gasteiger partial charge in [0.05, 0.1) is 6.07 Å².